The monoisotopic (exact) mass is 353 g/mol. The summed E-state index contributed by atoms with van der Waals surface area (Å²) in [5, 5.41) is 8.34. The average Bonchev–Trinajstić information content (AvgIpc) is 2.90. The molecular weight excluding hydrogens is 338 g/mol. The lowest BCUT2D eigenvalue weighted by Gasteiger charge is -2.17. The standard InChI is InChI=1S/C14H16N5.ClHO4/c1-17(2)12-7-9-18(10-8-12)11-19-14-6-4-3-5-13(14)15-16-19;2-1(3,4)5/h3-10H,11H2,1-2H3;(H,2,3,4,5)/q+1;/p-1. The second kappa shape index (κ2) is 7.51. The number of anilines is 1. The van der Waals surface area contributed by atoms with E-state index in [0.717, 1.165) is 11.0 Å². The molecule has 3 aromatic rings. The molecule has 128 valence electrons. The lowest BCUT2D eigenvalue weighted by Crippen LogP contribution is -2.68. The number of benzene rings is 1. The highest BCUT2D eigenvalue weighted by Gasteiger charge is 2.08. The van der Waals surface area contributed by atoms with Crippen LogP contribution >= 0.6 is 0 Å². The second-order valence-electron chi connectivity index (χ2n) is 5.06. The van der Waals surface area contributed by atoms with Crippen LogP contribution in [-0.2, 0) is 6.67 Å². The summed E-state index contributed by atoms with van der Waals surface area (Å²) in [4.78, 5) is 2.08. The minimum absolute atomic E-state index is 0.661. The van der Waals surface area contributed by atoms with Crippen LogP contribution in [0.5, 0.6) is 0 Å². The van der Waals surface area contributed by atoms with Crippen molar-refractivity contribution in [3.8, 4) is 0 Å². The van der Waals surface area contributed by atoms with Crippen LogP contribution < -0.4 is 28.1 Å². The fourth-order valence-electron chi connectivity index (χ4n) is 2.02. The Morgan fingerprint density at radius 3 is 2.21 bits per heavy atom. The molecule has 0 aliphatic rings. The highest BCUT2D eigenvalue weighted by molar-refractivity contribution is 5.73. The molecule has 0 aliphatic carbocycles. The van der Waals surface area contributed by atoms with Crippen LogP contribution in [0.3, 0.4) is 0 Å². The summed E-state index contributed by atoms with van der Waals surface area (Å²) in [7, 11) is -0.880. The van der Waals surface area contributed by atoms with Crippen molar-refractivity contribution < 1.29 is 33.4 Å². The van der Waals surface area contributed by atoms with E-state index in [0.29, 0.717) is 6.67 Å². The van der Waals surface area contributed by atoms with Crippen molar-refractivity contribution in [2.24, 2.45) is 0 Å². The Morgan fingerprint density at radius 2 is 1.62 bits per heavy atom. The Bertz CT molecular complexity index is 780. The molecule has 0 fully saturated rings. The highest BCUT2D eigenvalue weighted by atomic mass is 35.7. The third-order valence-electron chi connectivity index (χ3n) is 3.11. The van der Waals surface area contributed by atoms with E-state index in [1.165, 1.54) is 5.69 Å². The number of rotatable bonds is 3. The third-order valence-corrected chi connectivity index (χ3v) is 3.11. The zero-order valence-corrected chi connectivity index (χ0v) is 13.8. The van der Waals surface area contributed by atoms with Crippen LogP contribution in [-0.4, -0.2) is 29.1 Å². The Balaban J connectivity index is 0.000000368. The maximum absolute atomic E-state index is 8.49. The summed E-state index contributed by atoms with van der Waals surface area (Å²) in [6, 6.07) is 12.1. The first kappa shape index (κ1) is 18.0. The van der Waals surface area contributed by atoms with E-state index in [1.54, 1.807) is 0 Å². The molecule has 2 heterocycles. The minimum atomic E-state index is -4.94. The van der Waals surface area contributed by atoms with Crippen LogP contribution in [0.4, 0.5) is 5.69 Å². The molecule has 9 nitrogen and oxygen atoms in total. The number of aromatic nitrogens is 4. The second-order valence-corrected chi connectivity index (χ2v) is 5.82. The summed E-state index contributed by atoms with van der Waals surface area (Å²) in [5.74, 6) is 0. The van der Waals surface area contributed by atoms with Gasteiger partial charge in [0, 0.05) is 31.9 Å². The summed E-state index contributed by atoms with van der Waals surface area (Å²) in [5.41, 5.74) is 3.15. The fraction of sp³-hybridized carbons (Fsp3) is 0.214. The Morgan fingerprint density at radius 1 is 1.04 bits per heavy atom. The first-order valence-corrected chi connectivity index (χ1v) is 8.04. The quantitative estimate of drug-likeness (QED) is 0.447. The van der Waals surface area contributed by atoms with E-state index in [9.17, 15) is 0 Å². The molecule has 0 atom stereocenters. The van der Waals surface area contributed by atoms with Crippen molar-refractivity contribution >= 4 is 16.7 Å². The van der Waals surface area contributed by atoms with E-state index in [4.69, 9.17) is 18.6 Å². The molecule has 0 saturated heterocycles. The summed E-state index contributed by atoms with van der Waals surface area (Å²) in [6.07, 6.45) is 4.09. The van der Waals surface area contributed by atoms with Crippen LogP contribution in [0, 0.1) is 10.2 Å². The van der Waals surface area contributed by atoms with E-state index in [-0.39, 0.29) is 0 Å². The van der Waals surface area contributed by atoms with E-state index in [1.807, 2.05) is 55.4 Å². The van der Waals surface area contributed by atoms with Gasteiger partial charge in [0.1, 0.15) is 5.52 Å². The molecule has 0 radical (unpaired) electrons. The van der Waals surface area contributed by atoms with Crippen molar-refractivity contribution in [3.05, 3.63) is 48.8 Å². The minimum Gasteiger partial charge on any atom is -0.377 e. The van der Waals surface area contributed by atoms with Gasteiger partial charge in [0.05, 0.1) is 5.52 Å². The molecule has 0 N–H and O–H groups in total. The SMILES string of the molecule is CN(C)c1cc[n+](Cn2nnc3ccccc32)cc1.[O-][Cl+3]([O-])([O-])[O-]. The number of fused-ring (bicyclic) bond motifs is 1. The summed E-state index contributed by atoms with van der Waals surface area (Å²) >= 11 is 0. The Hall–Kier alpha value is -2.30. The molecule has 0 spiro atoms. The van der Waals surface area contributed by atoms with E-state index < -0.39 is 10.2 Å². The number of hydrogen-bond donors (Lipinski definition) is 0. The largest absolute Gasteiger partial charge is 0.377 e. The maximum Gasteiger partial charge on any atom is 0.244 e. The predicted octanol–water partition coefficient (Wildman–Crippen LogP) is -3.47. The van der Waals surface area contributed by atoms with Gasteiger partial charge in [-0.3, -0.25) is 0 Å². The smallest absolute Gasteiger partial charge is 0.244 e. The first-order chi connectivity index (χ1) is 11.2. The number of halogens is 1. The molecule has 0 amide bonds. The number of nitrogens with zero attached hydrogens (tertiary/aromatic N) is 5. The van der Waals surface area contributed by atoms with Gasteiger partial charge in [-0.2, -0.15) is 9.25 Å². The van der Waals surface area contributed by atoms with Crippen LogP contribution in [0.1, 0.15) is 0 Å². The van der Waals surface area contributed by atoms with Gasteiger partial charge in [-0.1, -0.05) is 17.3 Å². The topological polar surface area (TPSA) is 130 Å². The van der Waals surface area contributed by atoms with Gasteiger partial charge in [-0.05, 0) is 12.1 Å². The van der Waals surface area contributed by atoms with Crippen LogP contribution in [0.2, 0.25) is 0 Å². The Labute approximate surface area is 140 Å². The van der Waals surface area contributed by atoms with Crippen molar-refractivity contribution in [2.75, 3.05) is 19.0 Å². The van der Waals surface area contributed by atoms with Gasteiger partial charge in [-0.25, -0.2) is 18.6 Å². The first-order valence-electron chi connectivity index (χ1n) is 6.80. The number of pyridine rings is 1. The molecular formula is C14H16ClN5O4. The van der Waals surface area contributed by atoms with Gasteiger partial charge < -0.3 is 4.90 Å². The number of para-hydroxylation sites is 1. The fourth-order valence-corrected chi connectivity index (χ4v) is 2.02. The van der Waals surface area contributed by atoms with E-state index in [2.05, 4.69) is 31.9 Å². The van der Waals surface area contributed by atoms with E-state index >= 15 is 0 Å². The molecule has 1 aromatic carbocycles. The van der Waals surface area contributed by atoms with Gasteiger partial charge in [0.25, 0.3) is 0 Å². The van der Waals surface area contributed by atoms with Crippen molar-refractivity contribution in [2.45, 2.75) is 6.67 Å². The summed E-state index contributed by atoms with van der Waals surface area (Å²) < 4.78 is 37.9. The molecule has 2 aromatic heterocycles. The van der Waals surface area contributed by atoms with Gasteiger partial charge >= 0.3 is 0 Å². The molecule has 3 rings (SSSR count). The lowest BCUT2D eigenvalue weighted by molar-refractivity contribution is -2.00. The highest BCUT2D eigenvalue weighted by Crippen LogP contribution is 2.09. The van der Waals surface area contributed by atoms with Crippen molar-refractivity contribution in [1.29, 1.82) is 0 Å². The van der Waals surface area contributed by atoms with Crippen molar-refractivity contribution in [1.82, 2.24) is 15.0 Å². The van der Waals surface area contributed by atoms with Gasteiger partial charge in [-0.15, -0.1) is 15.3 Å². The maximum atomic E-state index is 8.49. The molecule has 0 bridgehead atoms. The average molecular weight is 354 g/mol. The molecule has 0 saturated carbocycles. The predicted molar refractivity (Wildman–Crippen MR) is 73.9 cm³/mol. The Kier molecular flexibility index (Phi) is 5.65. The zero-order chi connectivity index (χ0) is 17.7. The molecule has 10 heteroatoms. The van der Waals surface area contributed by atoms with Gasteiger partial charge in [0.15, 0.2) is 12.4 Å². The normalized spacial score (nSPS) is 11.1. The van der Waals surface area contributed by atoms with Crippen LogP contribution in [0.15, 0.2) is 48.8 Å². The third kappa shape index (κ3) is 5.41. The summed E-state index contributed by atoms with van der Waals surface area (Å²) in [6.45, 7) is 0.661. The molecule has 24 heavy (non-hydrogen) atoms. The molecule has 0 aliphatic heterocycles. The number of hydrogen-bond acceptors (Lipinski definition) is 7. The van der Waals surface area contributed by atoms with Crippen LogP contribution in [0.25, 0.3) is 11.0 Å². The lowest BCUT2D eigenvalue weighted by atomic mass is 10.3. The van der Waals surface area contributed by atoms with Crippen molar-refractivity contribution in [3.63, 3.8) is 0 Å². The van der Waals surface area contributed by atoms with Gasteiger partial charge in [0.2, 0.25) is 6.67 Å². The molecule has 0 unspecified atom stereocenters. The zero-order valence-electron chi connectivity index (χ0n) is 13.1.